The molecule has 3 aromatic carbocycles. The lowest BCUT2D eigenvalue weighted by atomic mass is 10.1. The summed E-state index contributed by atoms with van der Waals surface area (Å²) in [4.78, 5) is 50.9. The minimum atomic E-state index is -0.935. The molecule has 0 aliphatic carbocycles. The number of benzene rings is 3. The summed E-state index contributed by atoms with van der Waals surface area (Å²) in [5.41, 5.74) is 0.968. The lowest BCUT2D eigenvalue weighted by Crippen LogP contribution is -2.54. The van der Waals surface area contributed by atoms with Gasteiger partial charge < -0.3 is 14.2 Å². The van der Waals surface area contributed by atoms with Crippen LogP contribution in [0.5, 0.6) is 11.5 Å². The highest BCUT2D eigenvalue weighted by atomic mass is 19.1. The van der Waals surface area contributed by atoms with E-state index in [4.69, 9.17) is 9.47 Å². The molecule has 0 unspecified atom stereocenters. The first-order valence-electron chi connectivity index (χ1n) is 11.0. The molecule has 1 saturated heterocycles. The molecule has 0 radical (unpaired) electrons. The first-order chi connectivity index (χ1) is 17.8. The molecule has 37 heavy (non-hydrogen) atoms. The maximum atomic E-state index is 13.6. The number of amides is 4. The number of rotatable bonds is 7. The third kappa shape index (κ3) is 5.48. The van der Waals surface area contributed by atoms with Crippen molar-refractivity contribution in [1.29, 1.82) is 0 Å². The molecule has 0 atom stereocenters. The summed E-state index contributed by atoms with van der Waals surface area (Å²) in [7, 11) is 2.70. The van der Waals surface area contributed by atoms with Crippen LogP contribution in [0.15, 0.2) is 72.3 Å². The third-order valence-electron chi connectivity index (χ3n) is 5.45. The van der Waals surface area contributed by atoms with Crippen LogP contribution in [0.3, 0.4) is 0 Å². The van der Waals surface area contributed by atoms with Crippen molar-refractivity contribution >= 4 is 35.6 Å². The lowest BCUT2D eigenvalue weighted by molar-refractivity contribution is -0.122. The molecule has 1 aliphatic rings. The molecule has 0 saturated carbocycles. The van der Waals surface area contributed by atoms with Gasteiger partial charge in [-0.05, 0) is 60.2 Å². The van der Waals surface area contributed by atoms with Gasteiger partial charge in [0.25, 0.3) is 11.8 Å². The number of carbonyl (C=O) groups excluding carboxylic acids is 4. The van der Waals surface area contributed by atoms with E-state index >= 15 is 0 Å². The SMILES string of the molecule is COC(=O)c1ccc(N2C(=O)NC(=O)/C(=C\c3ccc(OC)cc3OCc3cccc(F)c3)C2=O)cc1. The predicted molar refractivity (Wildman–Crippen MR) is 131 cm³/mol. The van der Waals surface area contributed by atoms with E-state index in [0.717, 1.165) is 4.90 Å². The fraction of sp³-hybridized carbons (Fsp3) is 0.111. The summed E-state index contributed by atoms with van der Waals surface area (Å²) in [6, 6.07) is 15.3. The number of imide groups is 2. The topological polar surface area (TPSA) is 111 Å². The summed E-state index contributed by atoms with van der Waals surface area (Å²) in [5.74, 6) is -2.03. The highest BCUT2D eigenvalue weighted by molar-refractivity contribution is 6.39. The van der Waals surface area contributed by atoms with Gasteiger partial charge in [0.1, 0.15) is 29.5 Å². The van der Waals surface area contributed by atoms with E-state index in [1.807, 2.05) is 0 Å². The lowest BCUT2D eigenvalue weighted by Gasteiger charge is -2.26. The molecule has 0 aromatic heterocycles. The smallest absolute Gasteiger partial charge is 0.337 e. The molecular formula is C27H21FN2O7. The quantitative estimate of drug-likeness (QED) is 0.295. The molecule has 1 heterocycles. The molecule has 10 heteroatoms. The number of carbonyl (C=O) groups is 4. The summed E-state index contributed by atoms with van der Waals surface area (Å²) < 4.78 is 29.3. The summed E-state index contributed by atoms with van der Waals surface area (Å²) in [6.45, 7) is 0.0123. The Kier molecular flexibility index (Phi) is 7.28. The number of methoxy groups -OCH3 is 2. The molecule has 4 rings (SSSR count). The van der Waals surface area contributed by atoms with E-state index < -0.39 is 29.6 Å². The number of barbiturate groups is 1. The van der Waals surface area contributed by atoms with Gasteiger partial charge in [0, 0.05) is 11.6 Å². The number of urea groups is 1. The zero-order chi connectivity index (χ0) is 26.5. The molecule has 3 aromatic rings. The summed E-state index contributed by atoms with van der Waals surface area (Å²) >= 11 is 0. The van der Waals surface area contributed by atoms with Crippen LogP contribution >= 0.6 is 0 Å². The Hall–Kier alpha value is -4.99. The first-order valence-corrected chi connectivity index (χ1v) is 11.0. The molecule has 9 nitrogen and oxygen atoms in total. The van der Waals surface area contributed by atoms with Gasteiger partial charge in [-0.1, -0.05) is 12.1 Å². The van der Waals surface area contributed by atoms with Gasteiger partial charge in [-0.15, -0.1) is 0 Å². The zero-order valence-electron chi connectivity index (χ0n) is 19.8. The highest BCUT2D eigenvalue weighted by Gasteiger charge is 2.37. The van der Waals surface area contributed by atoms with Crippen LogP contribution in [-0.4, -0.2) is 38.0 Å². The normalized spacial score (nSPS) is 14.4. The number of halogens is 1. The van der Waals surface area contributed by atoms with Gasteiger partial charge in [-0.2, -0.15) is 0 Å². The van der Waals surface area contributed by atoms with E-state index in [1.165, 1.54) is 56.7 Å². The van der Waals surface area contributed by atoms with Gasteiger partial charge in [-0.3, -0.25) is 14.9 Å². The van der Waals surface area contributed by atoms with Crippen molar-refractivity contribution in [3.63, 3.8) is 0 Å². The molecule has 4 amide bonds. The number of nitrogens with one attached hydrogen (secondary N) is 1. The van der Waals surface area contributed by atoms with E-state index in [1.54, 1.807) is 30.3 Å². The first kappa shape index (κ1) is 25.1. The van der Waals surface area contributed by atoms with E-state index in [9.17, 15) is 23.6 Å². The van der Waals surface area contributed by atoms with E-state index in [-0.39, 0.29) is 29.2 Å². The Labute approximate surface area is 211 Å². The Bertz CT molecular complexity index is 1420. The van der Waals surface area contributed by atoms with Gasteiger partial charge in [0.15, 0.2) is 0 Å². The average molecular weight is 504 g/mol. The van der Waals surface area contributed by atoms with Gasteiger partial charge in [0.05, 0.1) is 25.5 Å². The highest BCUT2D eigenvalue weighted by Crippen LogP contribution is 2.30. The largest absolute Gasteiger partial charge is 0.497 e. The van der Waals surface area contributed by atoms with Crippen molar-refractivity contribution in [3.8, 4) is 11.5 Å². The molecule has 1 fully saturated rings. The van der Waals surface area contributed by atoms with Crippen molar-refractivity contribution in [2.24, 2.45) is 0 Å². The number of anilines is 1. The molecule has 1 N–H and O–H groups in total. The second kappa shape index (κ2) is 10.7. The van der Waals surface area contributed by atoms with Crippen molar-refractivity contribution in [1.82, 2.24) is 5.32 Å². The van der Waals surface area contributed by atoms with Crippen LogP contribution in [0.1, 0.15) is 21.5 Å². The van der Waals surface area contributed by atoms with Crippen LogP contribution in [0.2, 0.25) is 0 Å². The monoisotopic (exact) mass is 504 g/mol. The molecular weight excluding hydrogens is 483 g/mol. The average Bonchev–Trinajstić information content (AvgIpc) is 2.90. The Balaban J connectivity index is 1.66. The standard InChI is InChI=1S/C27H21FN2O7/c1-35-21-11-8-18(23(14-21)37-15-16-4-3-5-19(28)12-16)13-22-24(31)29-27(34)30(25(22)32)20-9-6-17(7-10-20)26(33)36-2/h3-14H,15H2,1-2H3,(H,29,31,34)/b22-13+. The van der Waals surface area contributed by atoms with Crippen molar-refractivity contribution in [2.45, 2.75) is 6.61 Å². The number of hydrogen-bond donors (Lipinski definition) is 1. The Morgan fingerprint density at radius 3 is 2.43 bits per heavy atom. The Morgan fingerprint density at radius 1 is 1.00 bits per heavy atom. The molecule has 188 valence electrons. The van der Waals surface area contributed by atoms with Crippen LogP contribution in [0, 0.1) is 5.82 Å². The van der Waals surface area contributed by atoms with Crippen molar-refractivity contribution in [2.75, 3.05) is 19.1 Å². The van der Waals surface area contributed by atoms with Crippen molar-refractivity contribution < 1.29 is 37.8 Å². The maximum absolute atomic E-state index is 13.6. The fourth-order valence-corrected chi connectivity index (χ4v) is 3.59. The van der Waals surface area contributed by atoms with Gasteiger partial charge >= 0.3 is 12.0 Å². The maximum Gasteiger partial charge on any atom is 0.337 e. The van der Waals surface area contributed by atoms with Crippen molar-refractivity contribution in [3.05, 3.63) is 94.8 Å². The van der Waals surface area contributed by atoms with E-state index in [0.29, 0.717) is 16.9 Å². The van der Waals surface area contributed by atoms with Crippen LogP contribution in [0.25, 0.3) is 6.08 Å². The van der Waals surface area contributed by atoms with Gasteiger partial charge in [0.2, 0.25) is 0 Å². The number of hydrogen-bond acceptors (Lipinski definition) is 7. The zero-order valence-corrected chi connectivity index (χ0v) is 19.8. The summed E-state index contributed by atoms with van der Waals surface area (Å²) in [5, 5.41) is 2.14. The minimum absolute atomic E-state index is 0.0123. The third-order valence-corrected chi connectivity index (χ3v) is 5.45. The number of nitrogens with zero attached hydrogens (tertiary/aromatic N) is 1. The molecule has 1 aliphatic heterocycles. The second-order valence-corrected chi connectivity index (χ2v) is 7.82. The van der Waals surface area contributed by atoms with Gasteiger partial charge in [-0.25, -0.2) is 18.9 Å². The Morgan fingerprint density at radius 2 is 1.76 bits per heavy atom. The summed E-state index contributed by atoms with van der Waals surface area (Å²) in [6.07, 6.45) is 1.29. The minimum Gasteiger partial charge on any atom is -0.497 e. The fourth-order valence-electron chi connectivity index (χ4n) is 3.59. The second-order valence-electron chi connectivity index (χ2n) is 7.82. The van der Waals surface area contributed by atoms with E-state index in [2.05, 4.69) is 10.1 Å². The molecule has 0 bridgehead atoms. The van der Waals surface area contributed by atoms with Crippen LogP contribution in [-0.2, 0) is 20.9 Å². The number of esters is 1. The number of ether oxygens (including phenoxy) is 3. The predicted octanol–water partition coefficient (Wildman–Crippen LogP) is 3.87. The van der Waals surface area contributed by atoms with Crippen LogP contribution < -0.4 is 19.7 Å². The molecule has 0 spiro atoms. The van der Waals surface area contributed by atoms with Crippen LogP contribution in [0.4, 0.5) is 14.9 Å².